The van der Waals surface area contributed by atoms with Gasteiger partial charge in [-0.2, -0.15) is 10.2 Å². The van der Waals surface area contributed by atoms with Crippen molar-refractivity contribution in [3.05, 3.63) is 85.5 Å². The van der Waals surface area contributed by atoms with Gasteiger partial charge in [0.05, 0.1) is 44.5 Å². The molecule has 0 aliphatic carbocycles. The molecule has 2 aromatic carbocycles. The van der Waals surface area contributed by atoms with Gasteiger partial charge in [0.25, 0.3) is 0 Å². The lowest BCUT2D eigenvalue weighted by molar-refractivity contribution is -0.697. The number of aryl methyl sites for hydroxylation is 3. The standard InChI is InChI=1S/C32H42N8O/c1-5-39(6-2)30-15-11-27(12-16-30)33-34-29-19-23-38(24-20-29)21-9-7-8-10-22-40-26-25-37(3)32(40)36-35-28-13-17-31(41-4)18-14-28/h11-20,23-26H,5-10,21-22H2,1-4H3/q+2. The van der Waals surface area contributed by atoms with Crippen molar-refractivity contribution in [1.29, 1.82) is 0 Å². The lowest BCUT2D eigenvalue weighted by atomic mass is 10.2. The summed E-state index contributed by atoms with van der Waals surface area (Å²) in [5.74, 6) is 1.65. The number of anilines is 1. The van der Waals surface area contributed by atoms with E-state index in [2.05, 4.69) is 79.1 Å². The molecule has 41 heavy (non-hydrogen) atoms. The molecule has 0 bridgehead atoms. The number of unbranched alkanes of at least 4 members (excludes halogenated alkanes) is 3. The van der Waals surface area contributed by atoms with Crippen molar-refractivity contribution in [1.82, 2.24) is 4.57 Å². The second kappa shape index (κ2) is 15.4. The lowest BCUT2D eigenvalue weighted by Crippen LogP contribution is -2.32. The van der Waals surface area contributed by atoms with E-state index < -0.39 is 0 Å². The summed E-state index contributed by atoms with van der Waals surface area (Å²) in [7, 11) is 3.65. The third-order valence-electron chi connectivity index (χ3n) is 7.07. The minimum Gasteiger partial charge on any atom is -0.497 e. The number of methoxy groups -OCH3 is 1. The van der Waals surface area contributed by atoms with E-state index >= 15 is 0 Å². The van der Waals surface area contributed by atoms with Crippen LogP contribution < -0.4 is 18.8 Å². The summed E-state index contributed by atoms with van der Waals surface area (Å²) in [4.78, 5) is 2.31. The van der Waals surface area contributed by atoms with E-state index in [1.807, 2.05) is 66.3 Å². The average Bonchev–Trinajstić information content (AvgIpc) is 3.37. The average molecular weight is 555 g/mol. The number of nitrogens with zero attached hydrogens (tertiary/aromatic N) is 8. The molecule has 0 radical (unpaired) electrons. The molecule has 0 saturated heterocycles. The van der Waals surface area contributed by atoms with E-state index in [1.54, 1.807) is 7.11 Å². The van der Waals surface area contributed by atoms with Gasteiger partial charge < -0.3 is 9.64 Å². The number of benzene rings is 2. The van der Waals surface area contributed by atoms with Gasteiger partial charge in [0.1, 0.15) is 18.0 Å². The Bertz CT molecular complexity index is 1390. The summed E-state index contributed by atoms with van der Waals surface area (Å²) in [5, 5.41) is 17.7. The highest BCUT2D eigenvalue weighted by molar-refractivity contribution is 5.52. The van der Waals surface area contributed by atoms with Gasteiger partial charge in [0.2, 0.25) is 0 Å². The molecule has 9 heteroatoms. The maximum Gasteiger partial charge on any atom is 0.421 e. The number of azo groups is 2. The monoisotopic (exact) mass is 554 g/mol. The number of hydrogen-bond acceptors (Lipinski definition) is 6. The molecule has 0 saturated carbocycles. The second-order valence-electron chi connectivity index (χ2n) is 9.90. The quantitative estimate of drug-likeness (QED) is 0.0864. The van der Waals surface area contributed by atoms with Crippen LogP contribution in [0, 0.1) is 0 Å². The Morgan fingerprint density at radius 1 is 0.683 bits per heavy atom. The van der Waals surface area contributed by atoms with Crippen molar-refractivity contribution in [3.63, 3.8) is 0 Å². The van der Waals surface area contributed by atoms with Crippen LogP contribution in [-0.2, 0) is 20.1 Å². The van der Waals surface area contributed by atoms with E-state index in [4.69, 9.17) is 4.74 Å². The molecule has 0 fully saturated rings. The Balaban J connectivity index is 1.17. The summed E-state index contributed by atoms with van der Waals surface area (Å²) >= 11 is 0. The molecule has 4 aromatic rings. The van der Waals surface area contributed by atoms with Crippen LogP contribution in [0.1, 0.15) is 39.5 Å². The third kappa shape index (κ3) is 8.79. The summed E-state index contributed by atoms with van der Waals surface area (Å²) in [6.07, 6.45) is 12.8. The molecule has 4 rings (SSSR count). The summed E-state index contributed by atoms with van der Waals surface area (Å²) < 4.78 is 11.6. The highest BCUT2D eigenvalue weighted by Gasteiger charge is 2.14. The molecule has 9 nitrogen and oxygen atoms in total. The third-order valence-corrected chi connectivity index (χ3v) is 7.07. The molecule has 2 heterocycles. The van der Waals surface area contributed by atoms with Crippen LogP contribution in [0.5, 0.6) is 5.75 Å². The summed E-state index contributed by atoms with van der Waals surface area (Å²) in [6, 6.07) is 19.9. The van der Waals surface area contributed by atoms with Crippen molar-refractivity contribution >= 4 is 28.7 Å². The van der Waals surface area contributed by atoms with Gasteiger partial charge in [-0.15, -0.1) is 0 Å². The largest absolute Gasteiger partial charge is 0.497 e. The lowest BCUT2D eigenvalue weighted by Gasteiger charge is -2.20. The van der Waals surface area contributed by atoms with Crippen molar-refractivity contribution in [2.45, 2.75) is 52.6 Å². The smallest absolute Gasteiger partial charge is 0.421 e. The van der Waals surface area contributed by atoms with E-state index in [9.17, 15) is 0 Å². The van der Waals surface area contributed by atoms with Crippen LogP contribution in [-0.4, -0.2) is 24.8 Å². The number of aromatic nitrogens is 3. The molecular formula is C32H42N8O+2. The zero-order valence-electron chi connectivity index (χ0n) is 24.7. The van der Waals surface area contributed by atoms with Crippen LogP contribution in [0.4, 0.5) is 28.7 Å². The fraction of sp³-hybridized carbons (Fsp3) is 0.375. The first kappa shape index (κ1) is 29.6. The van der Waals surface area contributed by atoms with E-state index in [-0.39, 0.29) is 0 Å². The second-order valence-corrected chi connectivity index (χ2v) is 9.90. The van der Waals surface area contributed by atoms with Gasteiger partial charge in [-0.05, 0) is 75.2 Å². The maximum atomic E-state index is 5.21. The van der Waals surface area contributed by atoms with E-state index in [0.717, 1.165) is 74.2 Å². The molecule has 0 aliphatic heterocycles. The van der Waals surface area contributed by atoms with Crippen LogP contribution in [0.15, 0.2) is 106 Å². The molecule has 214 valence electrons. The number of rotatable bonds is 15. The fourth-order valence-corrected chi connectivity index (χ4v) is 4.60. The van der Waals surface area contributed by atoms with Crippen molar-refractivity contribution in [2.24, 2.45) is 27.5 Å². The predicted molar refractivity (Wildman–Crippen MR) is 162 cm³/mol. The Morgan fingerprint density at radius 3 is 1.85 bits per heavy atom. The Kier molecular flexibility index (Phi) is 11.1. The Morgan fingerprint density at radius 2 is 1.24 bits per heavy atom. The van der Waals surface area contributed by atoms with Crippen LogP contribution in [0.25, 0.3) is 0 Å². The van der Waals surface area contributed by atoms with Crippen molar-refractivity contribution < 1.29 is 13.9 Å². The highest BCUT2D eigenvalue weighted by Crippen LogP contribution is 2.22. The molecule has 0 aliphatic rings. The molecule has 0 spiro atoms. The highest BCUT2D eigenvalue weighted by atomic mass is 16.5. The topological polar surface area (TPSA) is 74.6 Å². The summed E-state index contributed by atoms with van der Waals surface area (Å²) in [6.45, 7) is 8.23. The normalized spacial score (nSPS) is 11.5. The zero-order chi connectivity index (χ0) is 28.9. The van der Waals surface area contributed by atoms with Gasteiger partial charge in [-0.1, -0.05) is 11.5 Å². The van der Waals surface area contributed by atoms with Gasteiger partial charge in [0, 0.05) is 42.4 Å². The van der Waals surface area contributed by atoms with Crippen LogP contribution >= 0.6 is 0 Å². The molecular weight excluding hydrogens is 512 g/mol. The maximum absolute atomic E-state index is 5.21. The minimum atomic E-state index is 0.799. The fourth-order valence-electron chi connectivity index (χ4n) is 4.60. The molecule has 0 N–H and O–H groups in total. The van der Waals surface area contributed by atoms with Crippen molar-refractivity contribution in [2.75, 3.05) is 25.1 Å². The van der Waals surface area contributed by atoms with Crippen LogP contribution in [0.2, 0.25) is 0 Å². The Labute approximate surface area is 243 Å². The predicted octanol–water partition coefficient (Wildman–Crippen LogP) is 7.55. The van der Waals surface area contributed by atoms with Gasteiger partial charge in [-0.25, -0.2) is 13.7 Å². The van der Waals surface area contributed by atoms with E-state index in [1.165, 1.54) is 12.1 Å². The number of pyridine rings is 1. The SMILES string of the molecule is CCN(CC)c1ccc(/N=N/c2cc[n+](CCCCCC[n+]3ccn(C)c3/N=N/c3ccc(OC)cc3)cc2)cc1. The number of ether oxygens (including phenoxy) is 1. The van der Waals surface area contributed by atoms with Gasteiger partial charge >= 0.3 is 5.95 Å². The first-order chi connectivity index (χ1) is 20.1. The van der Waals surface area contributed by atoms with E-state index in [0.29, 0.717) is 0 Å². The molecule has 0 unspecified atom stereocenters. The zero-order valence-corrected chi connectivity index (χ0v) is 24.7. The van der Waals surface area contributed by atoms with Gasteiger partial charge in [-0.3, -0.25) is 0 Å². The van der Waals surface area contributed by atoms with Gasteiger partial charge in [0.15, 0.2) is 12.4 Å². The Hall–Kier alpha value is -4.40. The van der Waals surface area contributed by atoms with Crippen molar-refractivity contribution in [3.8, 4) is 5.75 Å². The molecule has 2 aromatic heterocycles. The first-order valence-corrected chi connectivity index (χ1v) is 14.5. The summed E-state index contributed by atoms with van der Waals surface area (Å²) in [5.41, 5.74) is 3.73. The molecule has 0 amide bonds. The molecule has 0 atom stereocenters. The first-order valence-electron chi connectivity index (χ1n) is 14.5. The number of hydrogen-bond donors (Lipinski definition) is 0. The minimum absolute atomic E-state index is 0.799. The van der Waals surface area contributed by atoms with Crippen LogP contribution in [0.3, 0.4) is 0 Å². The number of imidazole rings is 1.